The summed E-state index contributed by atoms with van der Waals surface area (Å²) in [5.74, 6) is -0.256. The van der Waals surface area contributed by atoms with Crippen LogP contribution in [0.1, 0.15) is 204 Å². The lowest BCUT2D eigenvalue weighted by Crippen LogP contribution is -2.64. The molecule has 1 spiro atoms. The van der Waals surface area contributed by atoms with Crippen molar-refractivity contribution in [3.8, 4) is 0 Å². The Kier molecular flexibility index (Phi) is 32.1. The van der Waals surface area contributed by atoms with E-state index in [-0.39, 0.29) is 49.3 Å². The predicted octanol–water partition coefficient (Wildman–Crippen LogP) is 16.5. The Morgan fingerprint density at radius 3 is 1.13 bits per heavy atom. The van der Waals surface area contributed by atoms with Crippen LogP contribution in [0.15, 0.2) is 146 Å². The number of aryl methyl sites for hydroxylation is 3. The molecule has 105 heavy (non-hydrogen) atoms. The van der Waals surface area contributed by atoms with E-state index in [1.165, 1.54) is 6.07 Å². The summed E-state index contributed by atoms with van der Waals surface area (Å²) in [6.07, 6.45) is -6.44. The summed E-state index contributed by atoms with van der Waals surface area (Å²) in [5.41, 5.74) is 6.19. The molecule has 4 aliphatic rings. The standard InChI is InChI=1S/C25H29F3N2O3.C25H31F3N2O3.C25H33F3N2O2.2CO2.CH4/c1-17-12-19(14-21(13-17)25(26,27)28)18(2)32-16-24(20-6-4-3-5-7-20)11-10-23(15-29-24)9-8-22(31)33-30-23;1-4-10-23(30(31)32)11-12-24(29-16-23,21-8-6-5-7-9-21)17-33-19(3)20-13-18(2)14-22(15-20)25(26,27)28;1-4-10-23(30-31)11-12-24(29-16-23,21-8-6-5-7-9-21)17-32-19(3)20-13-18(2)14-22(15-20)25(26,27)28;2*2-1-3;/h3-7,12-14,18,29-30H,8-11,15-16H2,1-2H3;5-9,13-15,19,29H,4,10-12,16-17H2,1-3H3;5-9,13-15,19,29-31H,4,10-12,16-17H2,1-3H3;;;1H4/t18-,23?,24-;2*19-,23-,24-;;;/m111.../s1. The van der Waals surface area contributed by atoms with Gasteiger partial charge in [0.25, 0.3) is 0 Å². The number of nitro groups is 1. The molecule has 6 aromatic carbocycles. The van der Waals surface area contributed by atoms with Gasteiger partial charge in [0.05, 0.1) is 89.1 Å². The Hall–Kier alpha value is -8.04. The van der Waals surface area contributed by atoms with E-state index in [0.29, 0.717) is 98.2 Å². The molecule has 10 rings (SSSR count). The first-order chi connectivity index (χ1) is 49.1. The minimum atomic E-state index is -4.43. The second kappa shape index (κ2) is 38.5. The Balaban J connectivity index is 0.000000271. The van der Waals surface area contributed by atoms with Gasteiger partial charge in [0.2, 0.25) is 5.54 Å². The Bertz CT molecular complexity index is 3750. The smallest absolute Gasteiger partial charge is 0.372 e. The number of nitrogens with zero attached hydrogens (tertiary/aromatic N) is 1. The van der Waals surface area contributed by atoms with Crippen molar-refractivity contribution < 1.29 is 92.7 Å². The second-order valence-electron chi connectivity index (χ2n) is 27.6. The number of halogens is 9. The third-order valence-corrected chi connectivity index (χ3v) is 20.0. The van der Waals surface area contributed by atoms with Gasteiger partial charge in [-0.1, -0.05) is 154 Å². The van der Waals surface area contributed by atoms with Crippen LogP contribution in [0, 0.1) is 30.9 Å². The molecule has 6 N–H and O–H groups in total. The first-order valence-electron chi connectivity index (χ1n) is 34.4. The molecule has 4 aliphatic heterocycles. The van der Waals surface area contributed by atoms with Crippen molar-refractivity contribution in [2.75, 3.05) is 39.5 Å². The maximum Gasteiger partial charge on any atom is 0.416 e. The molecule has 0 aliphatic carbocycles. The van der Waals surface area contributed by atoms with Gasteiger partial charge in [-0.05, 0) is 163 Å². The fraction of sp³-hybridized carbons (Fsp3) is 0.500. The minimum absolute atomic E-state index is 0. The third kappa shape index (κ3) is 23.7. The number of piperidine rings is 3. The molecule has 9 atom stereocenters. The molecule has 6 aromatic rings. The van der Waals surface area contributed by atoms with E-state index in [1.54, 1.807) is 59.7 Å². The number of hydroxylamine groups is 2. The van der Waals surface area contributed by atoms with Gasteiger partial charge in [-0.15, -0.1) is 5.48 Å². The number of carbonyl (C=O) groups excluding carboxylic acids is 5. The molecular weight excluding hydrogens is 1380 g/mol. The summed E-state index contributed by atoms with van der Waals surface area (Å²) >= 11 is 0. The molecule has 0 aromatic heterocycles. The van der Waals surface area contributed by atoms with Crippen LogP contribution >= 0.6 is 0 Å². The number of hydrogen-bond donors (Lipinski definition) is 6. The van der Waals surface area contributed by atoms with E-state index in [0.717, 1.165) is 85.5 Å². The van der Waals surface area contributed by atoms with Gasteiger partial charge in [0, 0.05) is 37.3 Å². The fourth-order valence-corrected chi connectivity index (χ4v) is 13.9. The zero-order valence-corrected chi connectivity index (χ0v) is 59.6. The Morgan fingerprint density at radius 1 is 0.524 bits per heavy atom. The van der Waals surface area contributed by atoms with Crippen molar-refractivity contribution in [3.05, 3.63) is 222 Å². The second-order valence-corrected chi connectivity index (χ2v) is 27.6. The van der Waals surface area contributed by atoms with Crippen LogP contribution in [0.4, 0.5) is 39.5 Å². The van der Waals surface area contributed by atoms with Crippen molar-refractivity contribution in [2.24, 2.45) is 0 Å². The number of ether oxygens (including phenoxy) is 3. The van der Waals surface area contributed by atoms with Crippen molar-refractivity contribution in [1.29, 1.82) is 0 Å². The molecular formula is C78H97F9N6O12. The molecule has 1 unspecified atom stereocenters. The average molecular weight is 1480 g/mol. The van der Waals surface area contributed by atoms with Crippen LogP contribution in [0.5, 0.6) is 0 Å². The van der Waals surface area contributed by atoms with Gasteiger partial charge in [-0.2, -0.15) is 64.2 Å². The summed E-state index contributed by atoms with van der Waals surface area (Å²) in [6.45, 7) is 16.4. The van der Waals surface area contributed by atoms with Crippen LogP contribution < -0.4 is 26.9 Å². The van der Waals surface area contributed by atoms with Gasteiger partial charge < -0.3 is 34.9 Å². The SMILES string of the molecule is C.CCC[C@@]1(NO)CC[C@@](CO[C@H](C)c2cc(C)cc(C(F)(F)F)c2)(c2ccccc2)NC1.CCC[C@@]1([N+](=O)[O-])CC[C@@](CO[C@H](C)c2cc(C)cc(C(F)(F)F)c2)(c2ccccc2)NC1.Cc1cc([C@@H](C)OC[C@@]2(c3ccccc3)CCC3(CCC(=O)ON3)CN2)cc(C(F)(F)F)c1.O=C=O.O=C=O. The highest BCUT2D eigenvalue weighted by molar-refractivity contribution is 5.70. The van der Waals surface area contributed by atoms with Crippen molar-refractivity contribution >= 4 is 18.3 Å². The molecule has 27 heteroatoms. The van der Waals surface area contributed by atoms with Crippen LogP contribution in [0.2, 0.25) is 0 Å². The quantitative estimate of drug-likeness (QED) is 0.0223. The van der Waals surface area contributed by atoms with Crippen LogP contribution in [0.3, 0.4) is 0 Å². The molecule has 0 saturated carbocycles. The van der Waals surface area contributed by atoms with E-state index in [4.69, 9.17) is 38.2 Å². The maximum absolute atomic E-state index is 13.3. The highest BCUT2D eigenvalue weighted by atomic mass is 19.4. The van der Waals surface area contributed by atoms with Crippen LogP contribution in [0.25, 0.3) is 0 Å². The first-order valence-corrected chi connectivity index (χ1v) is 34.4. The van der Waals surface area contributed by atoms with Gasteiger partial charge in [0.1, 0.15) is 0 Å². The van der Waals surface area contributed by atoms with Crippen LogP contribution in [-0.4, -0.2) is 84.5 Å². The lowest BCUT2D eigenvalue weighted by Gasteiger charge is -2.48. The van der Waals surface area contributed by atoms with Gasteiger partial charge in [-0.25, -0.2) is 0 Å². The van der Waals surface area contributed by atoms with E-state index in [1.807, 2.05) is 97.9 Å². The summed E-state index contributed by atoms with van der Waals surface area (Å²) in [4.78, 5) is 60.7. The maximum atomic E-state index is 13.3. The van der Waals surface area contributed by atoms with Gasteiger partial charge >= 0.3 is 36.8 Å². The fourth-order valence-electron chi connectivity index (χ4n) is 13.9. The third-order valence-electron chi connectivity index (χ3n) is 20.0. The van der Waals surface area contributed by atoms with E-state index in [2.05, 4.69) is 33.8 Å². The molecule has 4 fully saturated rings. The monoisotopic (exact) mass is 1480 g/mol. The predicted molar refractivity (Wildman–Crippen MR) is 373 cm³/mol. The first kappa shape index (κ1) is 87.6. The van der Waals surface area contributed by atoms with Crippen LogP contribution in [-0.2, 0) is 78.2 Å². The number of nitrogens with one attached hydrogen (secondary N) is 5. The summed E-state index contributed by atoms with van der Waals surface area (Å²) in [7, 11) is 0. The van der Waals surface area contributed by atoms with Crippen molar-refractivity contribution in [2.45, 2.75) is 210 Å². The zero-order chi connectivity index (χ0) is 76.8. The van der Waals surface area contributed by atoms with E-state index < -0.39 is 81.2 Å². The molecule has 4 saturated heterocycles. The molecule has 0 radical (unpaired) electrons. The molecule has 18 nitrogen and oxygen atoms in total. The lowest BCUT2D eigenvalue weighted by atomic mass is 9.75. The van der Waals surface area contributed by atoms with Gasteiger partial charge in [0.15, 0.2) is 0 Å². The van der Waals surface area contributed by atoms with Crippen molar-refractivity contribution in [1.82, 2.24) is 26.9 Å². The number of carbonyl (C=O) groups is 1. The normalized spacial score (nSPS) is 23.8. The molecule has 0 amide bonds. The summed E-state index contributed by atoms with van der Waals surface area (Å²) < 4.78 is 138. The number of hydrogen-bond acceptors (Lipinski definition) is 17. The van der Waals surface area contributed by atoms with Gasteiger partial charge in [-0.3, -0.25) is 20.2 Å². The van der Waals surface area contributed by atoms with E-state index in [9.17, 15) is 59.6 Å². The molecule has 574 valence electrons. The lowest BCUT2D eigenvalue weighted by molar-refractivity contribution is -0.573. The highest BCUT2D eigenvalue weighted by Gasteiger charge is 2.52. The Labute approximate surface area is 607 Å². The molecule has 4 heterocycles. The Morgan fingerprint density at radius 2 is 0.867 bits per heavy atom. The van der Waals surface area contributed by atoms with Crippen molar-refractivity contribution in [3.63, 3.8) is 0 Å². The molecule has 0 bridgehead atoms. The topological polar surface area (TPSA) is 246 Å². The zero-order valence-electron chi connectivity index (χ0n) is 59.6. The highest BCUT2D eigenvalue weighted by Crippen LogP contribution is 2.44. The number of benzene rings is 6. The summed E-state index contributed by atoms with van der Waals surface area (Å²) in [6, 6.07) is 41.5. The number of alkyl halides is 9. The largest absolute Gasteiger partial charge is 0.416 e. The number of rotatable bonds is 21. The van der Waals surface area contributed by atoms with E-state index >= 15 is 0 Å². The average Bonchev–Trinajstić information content (AvgIpc) is 0.699. The summed E-state index contributed by atoms with van der Waals surface area (Å²) in [5, 5.41) is 32.3. The minimum Gasteiger partial charge on any atom is -0.372 e.